The maximum absolute atomic E-state index is 11.2. The lowest BCUT2D eigenvalue weighted by molar-refractivity contribution is 0.0685. The molecule has 4 aromatic carbocycles. The topological polar surface area (TPSA) is 119 Å². The number of hydrogen-bond donors (Lipinski definition) is 2. The molecule has 0 atom stereocenters. The molecule has 2 N–H and O–H groups in total. The highest BCUT2D eigenvalue weighted by atomic mass is 16.5. The third-order valence-corrected chi connectivity index (χ3v) is 7.94. The van der Waals surface area contributed by atoms with Crippen molar-refractivity contribution in [1.82, 2.24) is 9.97 Å². The Kier molecular flexibility index (Phi) is 6.79. The van der Waals surface area contributed by atoms with Gasteiger partial charge in [-0.2, -0.15) is 0 Å². The van der Waals surface area contributed by atoms with Crippen LogP contribution in [0.2, 0.25) is 0 Å². The molecule has 6 aromatic rings. The van der Waals surface area contributed by atoms with Crippen LogP contribution in [0.25, 0.3) is 11.1 Å². The average molecular weight is 593 g/mol. The van der Waals surface area contributed by atoms with Crippen molar-refractivity contribution in [2.45, 2.75) is 5.41 Å². The zero-order valence-electron chi connectivity index (χ0n) is 23.6. The molecule has 0 unspecified atom stereocenters. The highest BCUT2D eigenvalue weighted by Gasteiger charge is 2.45. The van der Waals surface area contributed by atoms with Crippen molar-refractivity contribution < 1.29 is 29.3 Å². The normalized spacial score (nSPS) is 12.5. The van der Waals surface area contributed by atoms with E-state index >= 15 is 0 Å². The zero-order valence-corrected chi connectivity index (χ0v) is 23.6. The number of carbonyl (C=O) groups is 2. The van der Waals surface area contributed by atoms with Gasteiger partial charge in [-0.15, -0.1) is 0 Å². The van der Waals surface area contributed by atoms with E-state index in [1.807, 2.05) is 72.8 Å². The SMILES string of the molecule is O=C(O)c1ccc(Oc2ccc(C3(c4ccc(Oc5ccc(C(=O)O)cn5)cc4)c4ccccc4-c4ccccc43)cc2)nc1. The molecule has 7 rings (SSSR count). The molecule has 2 heterocycles. The molecular weight excluding hydrogens is 568 g/mol. The fourth-order valence-electron chi connectivity index (χ4n) is 5.95. The lowest BCUT2D eigenvalue weighted by Gasteiger charge is -2.34. The van der Waals surface area contributed by atoms with E-state index in [0.29, 0.717) is 23.3 Å². The Labute approximate surface area is 257 Å². The Morgan fingerprint density at radius 1 is 0.511 bits per heavy atom. The number of fused-ring (bicyclic) bond motifs is 3. The summed E-state index contributed by atoms with van der Waals surface area (Å²) in [6, 6.07) is 38.5. The van der Waals surface area contributed by atoms with Crippen molar-refractivity contribution in [1.29, 1.82) is 0 Å². The van der Waals surface area contributed by atoms with E-state index in [-0.39, 0.29) is 11.1 Å². The standard InChI is InChI=1S/C37H24N2O6/c40-35(41)23-9-19-33(38-21-23)44-27-15-11-25(12-16-27)37(31-7-3-1-5-29(31)30-6-2-4-8-32(30)37)26-13-17-28(18-14-26)45-34-20-10-24(22-39-34)36(42)43/h1-22H,(H,40,41)(H,42,43). The number of benzene rings is 4. The van der Waals surface area contributed by atoms with Crippen LogP contribution < -0.4 is 9.47 Å². The molecule has 0 aliphatic heterocycles. The molecule has 218 valence electrons. The molecule has 0 fully saturated rings. The first-order valence-corrected chi connectivity index (χ1v) is 14.1. The fraction of sp³-hybridized carbons (Fsp3) is 0.0270. The zero-order chi connectivity index (χ0) is 31.0. The molecule has 8 nitrogen and oxygen atoms in total. The van der Waals surface area contributed by atoms with Crippen LogP contribution in [0.15, 0.2) is 134 Å². The molecule has 1 aliphatic carbocycles. The van der Waals surface area contributed by atoms with Crippen LogP contribution in [0.4, 0.5) is 0 Å². The number of ether oxygens (including phenoxy) is 2. The van der Waals surface area contributed by atoms with Gasteiger partial charge in [-0.25, -0.2) is 19.6 Å². The van der Waals surface area contributed by atoms with Gasteiger partial charge in [0.05, 0.1) is 16.5 Å². The van der Waals surface area contributed by atoms with Crippen LogP contribution in [0.3, 0.4) is 0 Å². The number of rotatable bonds is 8. The summed E-state index contributed by atoms with van der Waals surface area (Å²) in [7, 11) is 0. The van der Waals surface area contributed by atoms with E-state index < -0.39 is 17.4 Å². The largest absolute Gasteiger partial charge is 0.478 e. The summed E-state index contributed by atoms with van der Waals surface area (Å²) in [5.74, 6) is -0.384. The summed E-state index contributed by atoms with van der Waals surface area (Å²) < 4.78 is 11.9. The smallest absolute Gasteiger partial charge is 0.337 e. The Morgan fingerprint density at radius 3 is 1.27 bits per heavy atom. The van der Waals surface area contributed by atoms with Gasteiger partial charge in [-0.3, -0.25) is 0 Å². The molecule has 0 spiro atoms. The molecule has 0 saturated heterocycles. The van der Waals surface area contributed by atoms with Crippen LogP contribution >= 0.6 is 0 Å². The average Bonchev–Trinajstić information content (AvgIpc) is 3.37. The molecule has 2 aromatic heterocycles. The van der Waals surface area contributed by atoms with Gasteiger partial charge in [0.15, 0.2) is 0 Å². The van der Waals surface area contributed by atoms with E-state index in [0.717, 1.165) is 33.4 Å². The van der Waals surface area contributed by atoms with Gasteiger partial charge < -0.3 is 19.7 Å². The molecular formula is C37H24N2O6. The van der Waals surface area contributed by atoms with Crippen molar-refractivity contribution in [2.75, 3.05) is 0 Å². The van der Waals surface area contributed by atoms with Crippen LogP contribution in [-0.2, 0) is 5.41 Å². The summed E-state index contributed by atoms with van der Waals surface area (Å²) in [6.45, 7) is 0. The summed E-state index contributed by atoms with van der Waals surface area (Å²) in [6.07, 6.45) is 2.53. The van der Waals surface area contributed by atoms with E-state index in [1.54, 1.807) is 0 Å². The number of pyridine rings is 2. The van der Waals surface area contributed by atoms with Gasteiger partial charge in [0, 0.05) is 24.5 Å². The molecule has 45 heavy (non-hydrogen) atoms. The number of aromatic carboxylic acids is 2. The summed E-state index contributed by atoms with van der Waals surface area (Å²) >= 11 is 0. The van der Waals surface area contributed by atoms with E-state index in [1.165, 1.54) is 36.7 Å². The van der Waals surface area contributed by atoms with Gasteiger partial charge in [0.1, 0.15) is 11.5 Å². The summed E-state index contributed by atoms with van der Waals surface area (Å²) in [5, 5.41) is 18.3. The maximum atomic E-state index is 11.2. The first kappa shape index (κ1) is 27.5. The van der Waals surface area contributed by atoms with Gasteiger partial charge in [0.2, 0.25) is 11.8 Å². The maximum Gasteiger partial charge on any atom is 0.337 e. The number of carboxylic acids is 2. The molecule has 0 amide bonds. The second-order valence-corrected chi connectivity index (χ2v) is 10.5. The van der Waals surface area contributed by atoms with Crippen LogP contribution in [0, 0.1) is 0 Å². The Hall–Kier alpha value is -6.28. The van der Waals surface area contributed by atoms with Crippen molar-refractivity contribution in [2.24, 2.45) is 0 Å². The minimum atomic E-state index is -1.05. The molecule has 0 saturated carbocycles. The van der Waals surface area contributed by atoms with Crippen molar-refractivity contribution in [3.05, 3.63) is 167 Å². The quantitative estimate of drug-likeness (QED) is 0.183. The van der Waals surface area contributed by atoms with Gasteiger partial charge >= 0.3 is 11.9 Å². The van der Waals surface area contributed by atoms with Crippen LogP contribution in [0.1, 0.15) is 43.0 Å². The first-order valence-electron chi connectivity index (χ1n) is 14.1. The first-order chi connectivity index (χ1) is 21.9. The molecule has 0 radical (unpaired) electrons. The van der Waals surface area contributed by atoms with E-state index in [9.17, 15) is 9.59 Å². The highest BCUT2D eigenvalue weighted by molar-refractivity contribution is 5.88. The Balaban J connectivity index is 1.28. The lowest BCUT2D eigenvalue weighted by Crippen LogP contribution is -2.28. The third-order valence-electron chi connectivity index (χ3n) is 7.94. The summed E-state index contributed by atoms with van der Waals surface area (Å²) in [4.78, 5) is 30.6. The number of hydrogen-bond acceptors (Lipinski definition) is 6. The highest BCUT2D eigenvalue weighted by Crippen LogP contribution is 2.56. The minimum absolute atomic E-state index is 0.0852. The predicted molar refractivity (Wildman–Crippen MR) is 166 cm³/mol. The lowest BCUT2D eigenvalue weighted by atomic mass is 9.68. The Morgan fingerprint density at radius 2 is 0.911 bits per heavy atom. The number of aromatic nitrogens is 2. The Bertz CT molecular complexity index is 1890. The monoisotopic (exact) mass is 592 g/mol. The fourth-order valence-corrected chi connectivity index (χ4v) is 5.95. The number of nitrogens with zero attached hydrogens (tertiary/aromatic N) is 2. The van der Waals surface area contributed by atoms with Gasteiger partial charge in [-0.1, -0.05) is 72.8 Å². The molecule has 8 heteroatoms. The molecule has 1 aliphatic rings. The van der Waals surface area contributed by atoms with E-state index in [4.69, 9.17) is 19.7 Å². The summed E-state index contributed by atoms with van der Waals surface area (Å²) in [5.41, 5.74) is 6.17. The van der Waals surface area contributed by atoms with E-state index in [2.05, 4.69) is 34.2 Å². The second-order valence-electron chi connectivity index (χ2n) is 10.5. The van der Waals surface area contributed by atoms with Crippen molar-refractivity contribution >= 4 is 11.9 Å². The minimum Gasteiger partial charge on any atom is -0.478 e. The molecule has 0 bridgehead atoms. The van der Waals surface area contributed by atoms with Crippen molar-refractivity contribution in [3.63, 3.8) is 0 Å². The second kappa shape index (κ2) is 11.1. The third kappa shape index (κ3) is 4.84. The van der Waals surface area contributed by atoms with Gasteiger partial charge in [0.25, 0.3) is 0 Å². The van der Waals surface area contributed by atoms with Gasteiger partial charge in [-0.05, 0) is 69.8 Å². The van der Waals surface area contributed by atoms with Crippen LogP contribution in [0.5, 0.6) is 23.3 Å². The predicted octanol–water partition coefficient (Wildman–Crippen LogP) is 7.82. The number of carboxylic acid groups (broad SMARTS) is 2. The van der Waals surface area contributed by atoms with Crippen LogP contribution in [-0.4, -0.2) is 32.1 Å². The van der Waals surface area contributed by atoms with Crippen molar-refractivity contribution in [3.8, 4) is 34.4 Å².